The number of hydrogen-bond donors (Lipinski definition) is 1. The van der Waals surface area contributed by atoms with Crippen molar-refractivity contribution in [2.24, 2.45) is 0 Å². The molecule has 44 heavy (non-hydrogen) atoms. The van der Waals surface area contributed by atoms with E-state index in [1.807, 2.05) is 24.3 Å². The van der Waals surface area contributed by atoms with Crippen LogP contribution in [0.2, 0.25) is 0 Å². The number of aliphatic hydroxyl groups is 1. The third-order valence-electron chi connectivity index (χ3n) is 8.40. The van der Waals surface area contributed by atoms with Gasteiger partial charge >= 0.3 is 0 Å². The van der Waals surface area contributed by atoms with Gasteiger partial charge in [0, 0.05) is 6.26 Å². The summed E-state index contributed by atoms with van der Waals surface area (Å²) in [6.07, 6.45) is 1.51. The van der Waals surface area contributed by atoms with E-state index in [2.05, 4.69) is 97.1 Å². The van der Waals surface area contributed by atoms with E-state index >= 15 is 0 Å². The molecule has 0 aliphatic heterocycles. The average Bonchev–Trinajstić information content (AvgIpc) is 3.36. The Balaban J connectivity index is 1.38. The maximum absolute atomic E-state index is 11.2. The molecule has 0 bridgehead atoms. The van der Waals surface area contributed by atoms with Crippen LogP contribution in [0.4, 0.5) is 0 Å². The molecule has 0 heterocycles. The Kier molecular flexibility index (Phi) is 7.64. The van der Waals surface area contributed by atoms with Crippen LogP contribution in [0.3, 0.4) is 0 Å². The van der Waals surface area contributed by atoms with E-state index in [1.54, 1.807) is 0 Å². The molecule has 1 aliphatic rings. The Morgan fingerprint density at radius 3 is 1.59 bits per heavy atom. The lowest BCUT2D eigenvalue weighted by Crippen LogP contribution is -2.28. The van der Waals surface area contributed by atoms with Crippen LogP contribution in [-0.4, -0.2) is 42.0 Å². The minimum atomic E-state index is -1.31. The molecule has 1 aliphatic carbocycles. The van der Waals surface area contributed by atoms with Crippen LogP contribution >= 0.6 is 0 Å². The summed E-state index contributed by atoms with van der Waals surface area (Å²) >= 11 is -1.31. The zero-order valence-corrected chi connectivity index (χ0v) is 25.2. The molecule has 5 nitrogen and oxygen atoms in total. The van der Waals surface area contributed by atoms with Crippen molar-refractivity contribution in [2.75, 3.05) is 32.7 Å². The Morgan fingerprint density at radius 1 is 0.591 bits per heavy atom. The zero-order chi connectivity index (χ0) is 30.1. The molecule has 1 N–H and O–H groups in total. The van der Waals surface area contributed by atoms with Gasteiger partial charge in [-0.05, 0) is 91.3 Å². The molecule has 220 valence electrons. The number of benzene rings is 6. The molecule has 0 aromatic heterocycles. The van der Waals surface area contributed by atoms with E-state index in [-0.39, 0.29) is 19.8 Å². The molecule has 7 rings (SSSR count). The summed E-state index contributed by atoms with van der Waals surface area (Å²) in [7, 11) is 0. The van der Waals surface area contributed by atoms with Gasteiger partial charge in [-0.25, -0.2) is 4.21 Å². The predicted molar refractivity (Wildman–Crippen MR) is 177 cm³/mol. The smallest absolute Gasteiger partial charge is 0.152 e. The van der Waals surface area contributed by atoms with Crippen LogP contribution in [0.25, 0.3) is 32.7 Å². The van der Waals surface area contributed by atoms with Gasteiger partial charge in [-0.3, -0.25) is 4.18 Å². The van der Waals surface area contributed by atoms with Gasteiger partial charge < -0.3 is 14.6 Å². The second-order valence-electron chi connectivity index (χ2n) is 10.9. The highest BCUT2D eigenvalue weighted by Gasteiger charge is 2.46. The first-order chi connectivity index (χ1) is 21.6. The summed E-state index contributed by atoms with van der Waals surface area (Å²) < 4.78 is 27.9. The first-order valence-electron chi connectivity index (χ1n) is 14.7. The summed E-state index contributed by atoms with van der Waals surface area (Å²) in [6.45, 7) is 0.849. The molecule has 0 saturated heterocycles. The molecule has 6 aromatic rings. The fraction of sp³-hybridized carbons (Fsp3) is 0.158. The molecule has 0 spiro atoms. The largest absolute Gasteiger partial charge is 0.491 e. The van der Waals surface area contributed by atoms with Gasteiger partial charge in [0.25, 0.3) is 0 Å². The standard InChI is InChI=1S/C38H32O5S/c1-44(40)43-21-20-42-33-17-13-27-23-31(15-11-29(27)25-33)38(36-8-4-2-6-34(36)35-7-3-5-9-37(35)38)30-14-10-28-24-32(41-19-18-39)16-12-26(28)22-30/h2-17,22-25,39H,18-21H2,1H3. The second-order valence-corrected chi connectivity index (χ2v) is 12.0. The third kappa shape index (κ3) is 4.95. The lowest BCUT2D eigenvalue weighted by atomic mass is 9.67. The van der Waals surface area contributed by atoms with Crippen LogP contribution in [0.15, 0.2) is 121 Å². The molecule has 0 amide bonds. The molecule has 1 unspecified atom stereocenters. The molecule has 6 aromatic carbocycles. The SMILES string of the molecule is CS(=O)OCCOc1ccc2cc(C3(c4ccc5cc(OCCO)ccc5c4)c4ccccc4-c4ccccc43)ccc2c1. The maximum atomic E-state index is 11.2. The highest BCUT2D eigenvalue weighted by molar-refractivity contribution is 7.79. The summed E-state index contributed by atoms with van der Waals surface area (Å²) in [4.78, 5) is 0. The van der Waals surface area contributed by atoms with Gasteiger partial charge in [-0.1, -0.05) is 84.9 Å². The van der Waals surface area contributed by atoms with Crippen molar-refractivity contribution in [1.29, 1.82) is 0 Å². The molecule has 6 heteroatoms. The Labute approximate surface area is 259 Å². The number of rotatable bonds is 10. The van der Waals surface area contributed by atoms with Crippen LogP contribution < -0.4 is 9.47 Å². The van der Waals surface area contributed by atoms with Crippen LogP contribution in [0, 0.1) is 0 Å². The molecule has 0 saturated carbocycles. The summed E-state index contributed by atoms with van der Waals surface area (Å²) in [5, 5.41) is 13.6. The molecule has 0 radical (unpaired) electrons. The minimum Gasteiger partial charge on any atom is -0.491 e. The lowest BCUT2D eigenvalue weighted by molar-refractivity contribution is 0.201. The highest BCUT2D eigenvalue weighted by atomic mass is 32.2. The van der Waals surface area contributed by atoms with Crippen LogP contribution in [0.5, 0.6) is 11.5 Å². The third-order valence-corrected chi connectivity index (χ3v) is 8.90. The number of fused-ring (bicyclic) bond motifs is 5. The fourth-order valence-corrected chi connectivity index (χ4v) is 6.89. The van der Waals surface area contributed by atoms with Crippen LogP contribution in [0.1, 0.15) is 22.3 Å². The van der Waals surface area contributed by atoms with Gasteiger partial charge in [0.05, 0.1) is 18.6 Å². The summed E-state index contributed by atoms with van der Waals surface area (Å²) in [5.41, 5.74) is 6.87. The quantitative estimate of drug-likeness (QED) is 0.166. The molecular formula is C38H32O5S. The fourth-order valence-electron chi connectivity index (χ4n) is 6.59. The van der Waals surface area contributed by atoms with Gasteiger partial charge in [0.1, 0.15) is 24.7 Å². The van der Waals surface area contributed by atoms with Gasteiger partial charge in [0.15, 0.2) is 11.1 Å². The highest BCUT2D eigenvalue weighted by Crippen LogP contribution is 2.56. The van der Waals surface area contributed by atoms with E-state index < -0.39 is 16.5 Å². The molecule has 1 atom stereocenters. The van der Waals surface area contributed by atoms with E-state index in [4.69, 9.17) is 13.7 Å². The van der Waals surface area contributed by atoms with Crippen molar-refractivity contribution in [2.45, 2.75) is 5.41 Å². The van der Waals surface area contributed by atoms with E-state index in [1.165, 1.54) is 39.6 Å². The van der Waals surface area contributed by atoms with Gasteiger partial charge in [-0.2, -0.15) is 0 Å². The lowest BCUT2D eigenvalue weighted by Gasteiger charge is -2.34. The number of hydrogen-bond acceptors (Lipinski definition) is 5. The zero-order valence-electron chi connectivity index (χ0n) is 24.4. The average molecular weight is 601 g/mol. The van der Waals surface area contributed by atoms with E-state index in [0.717, 1.165) is 33.0 Å². The van der Waals surface area contributed by atoms with E-state index in [9.17, 15) is 9.32 Å². The maximum Gasteiger partial charge on any atom is 0.152 e. The number of ether oxygens (including phenoxy) is 2. The van der Waals surface area contributed by atoms with Crippen LogP contribution in [-0.2, 0) is 20.7 Å². The predicted octanol–water partition coefficient (Wildman–Crippen LogP) is 7.42. The van der Waals surface area contributed by atoms with Crippen molar-refractivity contribution in [3.8, 4) is 22.6 Å². The van der Waals surface area contributed by atoms with E-state index in [0.29, 0.717) is 6.61 Å². The molecule has 0 fully saturated rings. The first-order valence-corrected chi connectivity index (χ1v) is 16.2. The normalized spacial score (nSPS) is 13.9. The Bertz CT molecular complexity index is 1970. The monoisotopic (exact) mass is 600 g/mol. The van der Waals surface area contributed by atoms with Crippen molar-refractivity contribution in [3.05, 3.63) is 144 Å². The first kappa shape index (κ1) is 28.3. The van der Waals surface area contributed by atoms with Crippen molar-refractivity contribution >= 4 is 32.6 Å². The van der Waals surface area contributed by atoms with Gasteiger partial charge in [-0.15, -0.1) is 0 Å². The van der Waals surface area contributed by atoms with Gasteiger partial charge in [0.2, 0.25) is 0 Å². The summed E-state index contributed by atoms with van der Waals surface area (Å²) in [5.74, 6) is 1.50. The summed E-state index contributed by atoms with van der Waals surface area (Å²) in [6, 6.07) is 43.1. The van der Waals surface area contributed by atoms with Crippen molar-refractivity contribution in [3.63, 3.8) is 0 Å². The van der Waals surface area contributed by atoms with Crippen molar-refractivity contribution in [1.82, 2.24) is 0 Å². The minimum absolute atomic E-state index is 0.0183. The molecular weight excluding hydrogens is 568 g/mol. The Hall–Kier alpha value is -4.49. The topological polar surface area (TPSA) is 65.0 Å². The number of aliphatic hydroxyl groups excluding tert-OH is 1. The Morgan fingerprint density at radius 2 is 1.07 bits per heavy atom. The second kappa shape index (κ2) is 11.9. The van der Waals surface area contributed by atoms with Crippen molar-refractivity contribution < 1.29 is 23.0 Å².